The Morgan fingerprint density at radius 2 is 1.43 bits per heavy atom. The molecule has 252 valence electrons. The number of carbonyl (C=O) groups is 1. The Hall–Kier alpha value is -2.11. The summed E-state index contributed by atoms with van der Waals surface area (Å²) in [7, 11) is 0. The predicted molar refractivity (Wildman–Crippen MR) is 175 cm³/mol. The van der Waals surface area contributed by atoms with Gasteiger partial charge in [-0.25, -0.2) is 0 Å². The topological polar surface area (TPSA) is 149 Å². The SMILES string of the molecule is CC/C=C\C/C=C\C/C=C\CCCCCC(=O)NC(COC1OC(CO)C(O)C(O)C1O)C(O)/C=C/CC/C=C/CCCC. The van der Waals surface area contributed by atoms with E-state index >= 15 is 0 Å². The molecule has 7 unspecified atom stereocenters. The van der Waals surface area contributed by atoms with Crippen molar-refractivity contribution in [2.75, 3.05) is 13.2 Å². The highest BCUT2D eigenvalue weighted by atomic mass is 16.7. The van der Waals surface area contributed by atoms with Crippen molar-refractivity contribution in [3.8, 4) is 0 Å². The summed E-state index contributed by atoms with van der Waals surface area (Å²) in [5.74, 6) is -0.225. The summed E-state index contributed by atoms with van der Waals surface area (Å²) in [5, 5.41) is 53.5. The Morgan fingerprint density at radius 3 is 2.14 bits per heavy atom. The van der Waals surface area contributed by atoms with E-state index in [1.54, 1.807) is 6.08 Å². The molecule has 0 aliphatic carbocycles. The number of nitrogens with one attached hydrogen (secondary N) is 1. The highest BCUT2D eigenvalue weighted by Crippen LogP contribution is 2.22. The van der Waals surface area contributed by atoms with E-state index in [0.717, 1.165) is 70.6 Å². The third-order valence-electron chi connectivity index (χ3n) is 7.33. The lowest BCUT2D eigenvalue weighted by atomic mass is 9.99. The molecule has 1 aliphatic heterocycles. The van der Waals surface area contributed by atoms with Crippen LogP contribution in [-0.2, 0) is 14.3 Å². The molecule has 1 saturated heterocycles. The number of ether oxygens (including phenoxy) is 2. The molecule has 0 spiro atoms. The second-order valence-electron chi connectivity index (χ2n) is 11.2. The average Bonchev–Trinajstić information content (AvgIpc) is 3.02. The van der Waals surface area contributed by atoms with Crippen molar-refractivity contribution in [1.29, 1.82) is 0 Å². The summed E-state index contributed by atoms with van der Waals surface area (Å²) in [6, 6.07) is -0.834. The van der Waals surface area contributed by atoms with E-state index in [1.165, 1.54) is 0 Å². The number of hydrogen-bond acceptors (Lipinski definition) is 8. The van der Waals surface area contributed by atoms with Crippen LogP contribution in [0.25, 0.3) is 0 Å². The number of allylic oxidation sites excluding steroid dienone is 9. The van der Waals surface area contributed by atoms with Crippen LogP contribution < -0.4 is 5.32 Å². The summed E-state index contributed by atoms with van der Waals surface area (Å²) in [5.41, 5.74) is 0. The summed E-state index contributed by atoms with van der Waals surface area (Å²) >= 11 is 0. The molecule has 9 nitrogen and oxygen atoms in total. The molecule has 1 amide bonds. The van der Waals surface area contributed by atoms with Gasteiger partial charge in [-0.3, -0.25) is 4.79 Å². The lowest BCUT2D eigenvalue weighted by Crippen LogP contribution is -2.60. The minimum Gasteiger partial charge on any atom is -0.394 e. The van der Waals surface area contributed by atoms with Gasteiger partial charge < -0.3 is 40.3 Å². The molecule has 1 aliphatic rings. The van der Waals surface area contributed by atoms with Crippen LogP contribution in [0.2, 0.25) is 0 Å². The zero-order chi connectivity index (χ0) is 32.4. The van der Waals surface area contributed by atoms with Crippen molar-refractivity contribution in [3.63, 3.8) is 0 Å². The quantitative estimate of drug-likeness (QED) is 0.0680. The van der Waals surface area contributed by atoms with Gasteiger partial charge in [0.2, 0.25) is 5.91 Å². The van der Waals surface area contributed by atoms with Gasteiger partial charge in [0.25, 0.3) is 0 Å². The lowest BCUT2D eigenvalue weighted by Gasteiger charge is -2.40. The van der Waals surface area contributed by atoms with E-state index in [1.807, 2.05) is 6.08 Å². The highest BCUT2D eigenvalue weighted by Gasteiger charge is 2.44. The molecule has 6 N–H and O–H groups in total. The fraction of sp³-hybridized carbons (Fsp3) is 0.686. The first-order chi connectivity index (χ1) is 21.3. The number of hydrogen-bond donors (Lipinski definition) is 6. The van der Waals surface area contributed by atoms with Gasteiger partial charge in [0, 0.05) is 6.42 Å². The molecule has 0 aromatic carbocycles. The zero-order valence-corrected chi connectivity index (χ0v) is 26.9. The van der Waals surface area contributed by atoms with Crippen LogP contribution in [0.15, 0.2) is 60.8 Å². The summed E-state index contributed by atoms with van der Waals surface area (Å²) in [4.78, 5) is 12.7. The first-order valence-electron chi connectivity index (χ1n) is 16.5. The normalized spacial score (nSPS) is 24.4. The van der Waals surface area contributed by atoms with Gasteiger partial charge >= 0.3 is 0 Å². The van der Waals surface area contributed by atoms with E-state index in [-0.39, 0.29) is 12.5 Å². The van der Waals surface area contributed by atoms with Gasteiger partial charge in [0.1, 0.15) is 24.4 Å². The van der Waals surface area contributed by atoms with Gasteiger partial charge in [-0.15, -0.1) is 0 Å². The first kappa shape index (κ1) is 39.9. The Kier molecular flexibility index (Phi) is 23.7. The van der Waals surface area contributed by atoms with Crippen LogP contribution in [-0.4, -0.2) is 87.5 Å². The second-order valence-corrected chi connectivity index (χ2v) is 11.2. The number of aliphatic hydroxyl groups excluding tert-OH is 5. The van der Waals surface area contributed by atoms with Crippen molar-refractivity contribution in [2.24, 2.45) is 0 Å². The van der Waals surface area contributed by atoms with Crippen LogP contribution in [0.5, 0.6) is 0 Å². The molecule has 0 aromatic heterocycles. The van der Waals surface area contributed by atoms with Gasteiger partial charge in [-0.05, 0) is 57.8 Å². The summed E-state index contributed by atoms with van der Waals surface area (Å²) < 4.78 is 11.1. The summed E-state index contributed by atoms with van der Waals surface area (Å²) in [6.07, 6.45) is 24.3. The molecule has 0 saturated carbocycles. The largest absolute Gasteiger partial charge is 0.394 e. The highest BCUT2D eigenvalue weighted by molar-refractivity contribution is 5.76. The van der Waals surface area contributed by atoms with E-state index in [9.17, 15) is 30.3 Å². The minimum atomic E-state index is -1.58. The van der Waals surface area contributed by atoms with E-state index in [2.05, 4.69) is 67.8 Å². The minimum absolute atomic E-state index is 0.217. The number of amides is 1. The molecule has 1 fully saturated rings. The Bertz CT molecular complexity index is 869. The van der Waals surface area contributed by atoms with E-state index in [0.29, 0.717) is 12.8 Å². The van der Waals surface area contributed by atoms with E-state index < -0.39 is 49.5 Å². The third-order valence-corrected chi connectivity index (χ3v) is 7.33. The maximum absolute atomic E-state index is 12.7. The molecular weight excluding hydrogens is 562 g/mol. The van der Waals surface area contributed by atoms with Gasteiger partial charge in [0.05, 0.1) is 25.4 Å². The number of aliphatic hydroxyl groups is 5. The van der Waals surface area contributed by atoms with Crippen molar-refractivity contribution < 1.29 is 39.8 Å². The van der Waals surface area contributed by atoms with Crippen LogP contribution in [0.3, 0.4) is 0 Å². The Morgan fingerprint density at radius 1 is 0.795 bits per heavy atom. The molecule has 0 aromatic rings. The average molecular weight is 622 g/mol. The van der Waals surface area contributed by atoms with Crippen molar-refractivity contribution in [1.82, 2.24) is 5.32 Å². The smallest absolute Gasteiger partial charge is 0.220 e. The number of unbranched alkanes of at least 4 members (excludes halogenated alkanes) is 6. The molecule has 1 heterocycles. The first-order valence-corrected chi connectivity index (χ1v) is 16.5. The van der Waals surface area contributed by atoms with Gasteiger partial charge in [-0.1, -0.05) is 93.9 Å². The molecule has 44 heavy (non-hydrogen) atoms. The Labute approximate surface area is 265 Å². The standard InChI is InChI=1S/C35H59NO8/c1-3-5-7-9-11-13-14-15-16-17-19-21-23-25-31(39)36-28(29(38)24-22-20-18-12-10-8-6-4-2)27-43-35-34(42)33(41)32(40)30(26-37)44-35/h5,7,10-13,15-16,22,24,28-30,32-35,37-38,40-42H,3-4,6,8-9,14,17-21,23,25-27H2,1-2H3,(H,36,39)/b7-5-,12-10+,13-11-,16-15-,24-22+. The number of carbonyl (C=O) groups excluding carboxylic acids is 1. The maximum atomic E-state index is 12.7. The fourth-order valence-corrected chi connectivity index (χ4v) is 4.58. The van der Waals surface area contributed by atoms with Crippen LogP contribution in [0.4, 0.5) is 0 Å². The van der Waals surface area contributed by atoms with E-state index in [4.69, 9.17) is 9.47 Å². The molecule has 1 rings (SSSR count). The van der Waals surface area contributed by atoms with Crippen LogP contribution in [0, 0.1) is 0 Å². The Balaban J connectivity index is 2.56. The lowest BCUT2D eigenvalue weighted by molar-refractivity contribution is -0.302. The van der Waals surface area contributed by atoms with Gasteiger partial charge in [-0.2, -0.15) is 0 Å². The molecule has 0 bridgehead atoms. The van der Waals surface area contributed by atoms with Crippen LogP contribution >= 0.6 is 0 Å². The van der Waals surface area contributed by atoms with Crippen molar-refractivity contribution >= 4 is 5.91 Å². The van der Waals surface area contributed by atoms with Crippen molar-refractivity contribution in [3.05, 3.63) is 60.8 Å². The molecule has 9 heteroatoms. The molecule has 7 atom stereocenters. The molecular formula is C35H59NO8. The fourth-order valence-electron chi connectivity index (χ4n) is 4.58. The predicted octanol–water partition coefficient (Wildman–Crippen LogP) is 4.54. The second kappa shape index (κ2) is 26.1. The summed E-state index contributed by atoms with van der Waals surface area (Å²) in [6.45, 7) is 3.48. The zero-order valence-electron chi connectivity index (χ0n) is 26.9. The third kappa shape index (κ3) is 18.0. The van der Waals surface area contributed by atoms with Crippen molar-refractivity contribution in [2.45, 2.75) is 140 Å². The van der Waals surface area contributed by atoms with Crippen LogP contribution in [0.1, 0.15) is 97.3 Å². The monoisotopic (exact) mass is 621 g/mol. The number of rotatable bonds is 24. The maximum Gasteiger partial charge on any atom is 0.220 e. The molecule has 0 radical (unpaired) electrons. The van der Waals surface area contributed by atoms with Gasteiger partial charge in [0.15, 0.2) is 6.29 Å².